The molecule has 0 N–H and O–H groups in total. The Morgan fingerprint density at radius 1 is 1.24 bits per heavy atom. The molecule has 1 saturated heterocycles. The van der Waals surface area contributed by atoms with Gasteiger partial charge in [-0.2, -0.15) is 0 Å². The number of fused-ring (bicyclic) bond motifs is 3. The molecule has 1 unspecified atom stereocenters. The van der Waals surface area contributed by atoms with Crippen molar-refractivity contribution >= 4 is 8.07 Å². The largest absolute Gasteiger partial charge is 0.278 e. The Labute approximate surface area is 105 Å². The fourth-order valence-corrected chi connectivity index (χ4v) is 3.24. The van der Waals surface area contributed by atoms with Gasteiger partial charge in [0.25, 0.3) is 0 Å². The number of benzene rings is 1. The molecular weight excluding hydrogens is 222 g/mol. The van der Waals surface area contributed by atoms with E-state index in [4.69, 9.17) is 0 Å². The molecule has 2 heteroatoms. The van der Waals surface area contributed by atoms with Crippen molar-refractivity contribution in [1.29, 1.82) is 0 Å². The summed E-state index contributed by atoms with van der Waals surface area (Å²) >= 11 is 0. The summed E-state index contributed by atoms with van der Waals surface area (Å²) in [7, 11) is -1.22. The zero-order valence-electron chi connectivity index (χ0n) is 10.8. The van der Waals surface area contributed by atoms with Crippen LogP contribution in [0.15, 0.2) is 24.3 Å². The van der Waals surface area contributed by atoms with Crippen LogP contribution in [0.4, 0.5) is 0 Å². The first-order chi connectivity index (χ1) is 8.06. The van der Waals surface area contributed by atoms with Crippen LogP contribution in [0, 0.1) is 11.5 Å². The Kier molecular flexibility index (Phi) is 2.43. The van der Waals surface area contributed by atoms with E-state index >= 15 is 0 Å². The summed E-state index contributed by atoms with van der Waals surface area (Å²) < 4.78 is 0. The standard InChI is InChI=1S/C15H19NSi/c1-17(2,3)11-9-14-15-13-7-5-4-6-12(13)8-10-16(14)15/h4-7,14-15H,8,10H2,1-3H3/t14-,15-,16?/m1/s1. The van der Waals surface area contributed by atoms with Gasteiger partial charge in [-0.15, -0.1) is 5.54 Å². The molecule has 2 heterocycles. The highest BCUT2D eigenvalue weighted by molar-refractivity contribution is 6.83. The first-order valence-electron chi connectivity index (χ1n) is 6.42. The third-order valence-corrected chi connectivity index (χ3v) is 4.43. The van der Waals surface area contributed by atoms with Crippen LogP contribution in [0.1, 0.15) is 17.2 Å². The van der Waals surface area contributed by atoms with Crippen molar-refractivity contribution in [1.82, 2.24) is 4.90 Å². The van der Waals surface area contributed by atoms with Crippen LogP contribution < -0.4 is 0 Å². The summed E-state index contributed by atoms with van der Waals surface area (Å²) in [5, 5.41) is 0. The lowest BCUT2D eigenvalue weighted by Gasteiger charge is -2.14. The van der Waals surface area contributed by atoms with Gasteiger partial charge in [0, 0.05) is 6.54 Å². The molecule has 2 aliphatic heterocycles. The lowest BCUT2D eigenvalue weighted by molar-refractivity contribution is 0.482. The van der Waals surface area contributed by atoms with E-state index in [2.05, 4.69) is 60.3 Å². The molecule has 1 aromatic carbocycles. The van der Waals surface area contributed by atoms with Crippen molar-refractivity contribution in [3.05, 3.63) is 35.4 Å². The summed E-state index contributed by atoms with van der Waals surface area (Å²) in [6.07, 6.45) is 1.19. The van der Waals surface area contributed by atoms with E-state index in [-0.39, 0.29) is 0 Å². The number of hydrogen-bond donors (Lipinski definition) is 0. The molecule has 3 atom stereocenters. The zero-order chi connectivity index (χ0) is 12.0. The van der Waals surface area contributed by atoms with E-state index in [1.54, 1.807) is 0 Å². The summed E-state index contributed by atoms with van der Waals surface area (Å²) in [5.74, 6) is 3.52. The minimum Gasteiger partial charge on any atom is -0.278 e. The summed E-state index contributed by atoms with van der Waals surface area (Å²) in [6.45, 7) is 8.13. The fraction of sp³-hybridized carbons (Fsp3) is 0.467. The maximum atomic E-state index is 3.52. The van der Waals surface area contributed by atoms with Gasteiger partial charge < -0.3 is 0 Å². The van der Waals surface area contributed by atoms with Crippen molar-refractivity contribution in [3.8, 4) is 11.5 Å². The molecule has 0 spiro atoms. The average molecular weight is 241 g/mol. The Balaban J connectivity index is 1.85. The van der Waals surface area contributed by atoms with E-state index in [9.17, 15) is 0 Å². The molecule has 1 fully saturated rings. The van der Waals surface area contributed by atoms with Gasteiger partial charge in [0.1, 0.15) is 8.07 Å². The molecule has 88 valence electrons. The second-order valence-electron chi connectivity index (χ2n) is 6.10. The Hall–Kier alpha value is -1.04. The second-order valence-corrected chi connectivity index (χ2v) is 10.8. The van der Waals surface area contributed by atoms with Gasteiger partial charge in [-0.3, -0.25) is 4.90 Å². The SMILES string of the molecule is C[Si](C)(C)C#C[C@@H]1[C@H]2c3ccccc3CCN12. The quantitative estimate of drug-likeness (QED) is 0.383. The number of nitrogens with zero attached hydrogens (tertiary/aromatic N) is 1. The van der Waals surface area contributed by atoms with Crippen LogP contribution in [0.25, 0.3) is 0 Å². The van der Waals surface area contributed by atoms with Crippen molar-refractivity contribution in [2.75, 3.05) is 6.54 Å². The average Bonchev–Trinajstić information content (AvgIpc) is 2.99. The lowest BCUT2D eigenvalue weighted by atomic mass is 9.99. The van der Waals surface area contributed by atoms with Crippen LogP contribution >= 0.6 is 0 Å². The van der Waals surface area contributed by atoms with Crippen molar-refractivity contribution in [2.45, 2.75) is 38.1 Å². The Morgan fingerprint density at radius 3 is 2.76 bits per heavy atom. The fourth-order valence-electron chi connectivity index (χ4n) is 2.66. The lowest BCUT2D eigenvalue weighted by Crippen LogP contribution is -2.17. The summed E-state index contributed by atoms with van der Waals surface area (Å²) in [5.41, 5.74) is 6.57. The van der Waals surface area contributed by atoms with Gasteiger partial charge >= 0.3 is 0 Å². The Bertz CT molecular complexity index is 504. The van der Waals surface area contributed by atoms with Gasteiger partial charge in [-0.1, -0.05) is 49.8 Å². The smallest absolute Gasteiger partial charge is 0.129 e. The van der Waals surface area contributed by atoms with Crippen molar-refractivity contribution in [3.63, 3.8) is 0 Å². The van der Waals surface area contributed by atoms with Crippen LogP contribution in [-0.2, 0) is 6.42 Å². The monoisotopic (exact) mass is 241 g/mol. The summed E-state index contributed by atoms with van der Waals surface area (Å²) in [6, 6.07) is 9.97. The highest BCUT2D eigenvalue weighted by atomic mass is 28.3. The molecule has 17 heavy (non-hydrogen) atoms. The maximum absolute atomic E-state index is 3.52. The molecule has 3 rings (SSSR count). The number of rotatable bonds is 0. The van der Waals surface area contributed by atoms with E-state index in [1.165, 1.54) is 24.1 Å². The van der Waals surface area contributed by atoms with E-state index in [0.29, 0.717) is 12.1 Å². The van der Waals surface area contributed by atoms with Crippen LogP contribution in [0.5, 0.6) is 0 Å². The highest BCUT2D eigenvalue weighted by Gasteiger charge is 2.50. The van der Waals surface area contributed by atoms with Gasteiger partial charge in [-0.25, -0.2) is 0 Å². The zero-order valence-corrected chi connectivity index (χ0v) is 11.8. The molecule has 0 amide bonds. The van der Waals surface area contributed by atoms with Crippen LogP contribution in [0.2, 0.25) is 19.6 Å². The molecule has 0 radical (unpaired) electrons. The van der Waals surface area contributed by atoms with Gasteiger partial charge in [0.2, 0.25) is 0 Å². The minimum atomic E-state index is -1.22. The van der Waals surface area contributed by atoms with E-state index in [0.717, 1.165) is 0 Å². The third-order valence-electron chi connectivity index (χ3n) is 3.53. The first kappa shape index (κ1) is 11.1. The molecule has 0 bridgehead atoms. The van der Waals surface area contributed by atoms with Crippen LogP contribution in [-0.4, -0.2) is 25.6 Å². The number of hydrogen-bond acceptors (Lipinski definition) is 1. The van der Waals surface area contributed by atoms with Gasteiger partial charge in [0.05, 0.1) is 12.1 Å². The van der Waals surface area contributed by atoms with Crippen molar-refractivity contribution in [2.24, 2.45) is 0 Å². The van der Waals surface area contributed by atoms with Gasteiger partial charge in [-0.05, 0) is 17.5 Å². The molecule has 2 aliphatic rings. The Morgan fingerprint density at radius 2 is 2.00 bits per heavy atom. The maximum Gasteiger partial charge on any atom is 0.129 e. The predicted molar refractivity (Wildman–Crippen MR) is 74.5 cm³/mol. The molecular formula is C15H19NSi. The van der Waals surface area contributed by atoms with Crippen molar-refractivity contribution < 1.29 is 0 Å². The minimum absolute atomic E-state index is 0.505. The first-order valence-corrected chi connectivity index (χ1v) is 9.92. The highest BCUT2D eigenvalue weighted by Crippen LogP contribution is 2.47. The predicted octanol–water partition coefficient (Wildman–Crippen LogP) is 2.85. The molecule has 0 aromatic heterocycles. The molecule has 0 aliphatic carbocycles. The summed E-state index contributed by atoms with van der Waals surface area (Å²) in [4.78, 5) is 2.54. The molecule has 0 saturated carbocycles. The normalized spacial score (nSPS) is 29.7. The topological polar surface area (TPSA) is 3.01 Å². The molecule has 1 nitrogen and oxygen atoms in total. The van der Waals surface area contributed by atoms with E-state index in [1.807, 2.05) is 0 Å². The van der Waals surface area contributed by atoms with Gasteiger partial charge in [0.15, 0.2) is 0 Å². The van der Waals surface area contributed by atoms with E-state index < -0.39 is 8.07 Å². The third kappa shape index (κ3) is 2.05. The van der Waals surface area contributed by atoms with Crippen LogP contribution in [0.3, 0.4) is 0 Å². The second kappa shape index (κ2) is 3.73. The molecule has 1 aromatic rings.